The zero-order valence-corrected chi connectivity index (χ0v) is 56.7. The molecule has 25 nitrogen and oxygen atoms in total. The smallest absolute Gasteiger partial charge is 0.326 e. The van der Waals surface area contributed by atoms with Gasteiger partial charge in [-0.25, -0.2) is 4.79 Å². The number of rotatable bonds is 58. The number of benzene rings is 1. The first kappa shape index (κ1) is 85.1. The van der Waals surface area contributed by atoms with Crippen molar-refractivity contribution in [3.63, 3.8) is 0 Å². The van der Waals surface area contributed by atoms with Gasteiger partial charge in [0.05, 0.1) is 64.3 Å². The molecule has 1 saturated carbocycles. The lowest BCUT2D eigenvalue weighted by atomic mass is 9.81. The minimum Gasteiger partial charge on any atom is -0.481 e. The Balaban J connectivity index is 0.00000251. The minimum atomic E-state index is -1.21. The molecule has 2 rings (SSSR count). The molecule has 1 aromatic rings. The number of hydrogen-bond donors (Lipinski definition) is 11. The van der Waals surface area contributed by atoms with E-state index in [4.69, 9.17) is 35.5 Å². The van der Waals surface area contributed by atoms with E-state index in [1.54, 1.807) is 6.92 Å². The standard InChI is InChI=1S/C56H101N7O15.C12H18N2O/c1-43(57)49(65)40-61-47(44(2)64)21-19-20-30-58-52(68)41-77-37-36-76-34-32-60-53(69)42-78-38-35-75-33-31-59-51(67)29-28-48(56(73)74)63-55(72)46-26-24-45(25-27-46)39-62-50(66)22-17-15-13-11-9-7-5-3-4-6-8-10-12-14-16-18-23-54(70)71;1-3-14-11(12(13)15)8-10-6-4-9(2)5-7-10/h43,45-48,61H,3-42,57H2,1-2H3,(H,58,68)(H,59,67)(H,60,69)(H,62,66)(H,63,72)(H,70,71)(H,73,74);4-7,11,14H,3,8H2,1-2H3,(H2,13,15)/t43-,45?,46?,47-,48-;11-/m00/s1. The van der Waals surface area contributed by atoms with Crippen LogP contribution in [-0.4, -0.2) is 185 Å². The second-order valence-corrected chi connectivity index (χ2v) is 24.4. The number of ether oxygens (including phenoxy) is 4. The summed E-state index contributed by atoms with van der Waals surface area (Å²) < 4.78 is 21.5. The van der Waals surface area contributed by atoms with E-state index in [0.717, 1.165) is 63.5 Å². The molecule has 13 N–H and O–H groups in total. The fourth-order valence-corrected chi connectivity index (χ4v) is 10.3. The summed E-state index contributed by atoms with van der Waals surface area (Å²) in [4.78, 5) is 119. The van der Waals surface area contributed by atoms with Crippen LogP contribution in [0.3, 0.4) is 0 Å². The average Bonchev–Trinajstić information content (AvgIpc) is 1.49. The van der Waals surface area contributed by atoms with Gasteiger partial charge in [0.1, 0.15) is 25.0 Å². The molecule has 93 heavy (non-hydrogen) atoms. The Morgan fingerprint density at radius 1 is 0.538 bits per heavy atom. The molecule has 0 aromatic heterocycles. The number of hydrogen-bond acceptors (Lipinski definition) is 17. The minimum absolute atomic E-state index is 0.0373. The number of carbonyl (C=O) groups is 10. The van der Waals surface area contributed by atoms with Crippen molar-refractivity contribution in [3.8, 4) is 0 Å². The van der Waals surface area contributed by atoms with Crippen LogP contribution in [0.1, 0.15) is 205 Å². The van der Waals surface area contributed by atoms with Crippen molar-refractivity contribution in [1.29, 1.82) is 0 Å². The lowest BCUT2D eigenvalue weighted by Gasteiger charge is -2.28. The van der Waals surface area contributed by atoms with Crippen molar-refractivity contribution in [2.45, 2.75) is 232 Å². The molecule has 1 aliphatic carbocycles. The summed E-state index contributed by atoms with van der Waals surface area (Å²) in [6.07, 6.45) is 24.6. The molecule has 0 spiro atoms. The number of aliphatic carboxylic acids is 2. The molecule has 6 amide bonds. The Labute approximate surface area is 553 Å². The number of carboxylic acids is 2. The van der Waals surface area contributed by atoms with Gasteiger partial charge in [-0.15, -0.1) is 0 Å². The maximum Gasteiger partial charge on any atom is 0.326 e. The van der Waals surface area contributed by atoms with Gasteiger partial charge in [-0.2, -0.15) is 0 Å². The summed E-state index contributed by atoms with van der Waals surface area (Å²) >= 11 is 0. The number of Topliss-reactive ketones (excluding diaryl/α,β-unsaturated/α-hetero) is 2. The predicted octanol–water partition coefficient (Wildman–Crippen LogP) is 5.41. The molecule has 0 saturated heterocycles. The highest BCUT2D eigenvalue weighted by Gasteiger charge is 2.30. The van der Waals surface area contributed by atoms with Crippen molar-refractivity contribution in [3.05, 3.63) is 35.4 Å². The van der Waals surface area contributed by atoms with E-state index < -0.39 is 30.1 Å². The molecule has 0 heterocycles. The van der Waals surface area contributed by atoms with Crippen LogP contribution in [0.25, 0.3) is 0 Å². The van der Waals surface area contributed by atoms with E-state index in [2.05, 4.69) is 37.2 Å². The highest BCUT2D eigenvalue weighted by Crippen LogP contribution is 2.29. The van der Waals surface area contributed by atoms with Gasteiger partial charge in [0, 0.05) is 51.4 Å². The molecule has 0 aliphatic heterocycles. The van der Waals surface area contributed by atoms with Gasteiger partial charge in [0.15, 0.2) is 5.78 Å². The SMILES string of the molecule is CC(=O)[C@H](CCCCNC(=O)COCCOCCNC(=O)COCCOCCNC(=O)CC[C@H](NC(=O)C1CCC(CNC(=O)CCCCCCCCCCCCCCCCCCC(=O)O)CC1)C(=O)O)NCC(=O)[C@H](C)N.CCN[C@@H](Cc1ccc(C)cc1)C(N)=O. The molecule has 25 heteroatoms. The second-order valence-electron chi connectivity index (χ2n) is 24.4. The first-order valence-corrected chi connectivity index (χ1v) is 34.4. The monoisotopic (exact) mass is 1320 g/mol. The lowest BCUT2D eigenvalue weighted by molar-refractivity contribution is -0.143. The number of nitrogens with two attached hydrogens (primary N) is 2. The van der Waals surface area contributed by atoms with Crippen molar-refractivity contribution in [2.24, 2.45) is 23.3 Å². The van der Waals surface area contributed by atoms with Gasteiger partial charge < -0.3 is 77.8 Å². The van der Waals surface area contributed by atoms with E-state index >= 15 is 0 Å². The molecule has 1 aromatic carbocycles. The third kappa shape index (κ3) is 49.3. The highest BCUT2D eigenvalue weighted by atomic mass is 16.5. The van der Waals surface area contributed by atoms with Crippen LogP contribution in [0, 0.1) is 18.8 Å². The first-order valence-electron chi connectivity index (χ1n) is 34.4. The van der Waals surface area contributed by atoms with Crippen LogP contribution in [-0.2, 0) is 73.3 Å². The second kappa shape index (κ2) is 56.4. The van der Waals surface area contributed by atoms with E-state index in [9.17, 15) is 53.1 Å². The summed E-state index contributed by atoms with van der Waals surface area (Å²) in [6.45, 7) is 10.1. The van der Waals surface area contributed by atoms with Crippen LogP contribution in [0.5, 0.6) is 0 Å². The van der Waals surface area contributed by atoms with Gasteiger partial charge in [-0.3, -0.25) is 43.2 Å². The number of nitrogens with one attached hydrogen (secondary N) is 7. The molecule has 0 radical (unpaired) electrons. The number of amides is 6. The van der Waals surface area contributed by atoms with Crippen molar-refractivity contribution < 1.29 is 77.1 Å². The van der Waals surface area contributed by atoms with Gasteiger partial charge in [0.25, 0.3) is 0 Å². The van der Waals surface area contributed by atoms with Crippen LogP contribution >= 0.6 is 0 Å². The van der Waals surface area contributed by atoms with E-state index in [0.29, 0.717) is 58.0 Å². The zero-order chi connectivity index (χ0) is 68.7. The number of carboxylic acid groups (broad SMARTS) is 2. The topological polar surface area (TPSA) is 384 Å². The fourth-order valence-electron chi connectivity index (χ4n) is 10.3. The summed E-state index contributed by atoms with van der Waals surface area (Å²) in [5.41, 5.74) is 13.2. The number of ketones is 2. The number of likely N-dealkylation sites (N-methyl/N-ethyl adjacent to an activating group) is 1. The Morgan fingerprint density at radius 3 is 1.51 bits per heavy atom. The summed E-state index contributed by atoms with van der Waals surface area (Å²) in [5, 5.41) is 38.2. The van der Waals surface area contributed by atoms with E-state index in [1.165, 1.54) is 76.7 Å². The quantitative estimate of drug-likeness (QED) is 0.0363. The zero-order valence-electron chi connectivity index (χ0n) is 56.7. The van der Waals surface area contributed by atoms with E-state index in [-0.39, 0.29) is 157 Å². The molecule has 1 fully saturated rings. The first-order chi connectivity index (χ1) is 44.7. The van der Waals surface area contributed by atoms with E-state index in [1.807, 2.05) is 38.1 Å². The highest BCUT2D eigenvalue weighted by molar-refractivity contribution is 5.87. The van der Waals surface area contributed by atoms with Crippen molar-refractivity contribution >= 4 is 58.9 Å². The summed E-state index contributed by atoms with van der Waals surface area (Å²) in [5.74, 6) is -3.73. The van der Waals surface area contributed by atoms with Crippen LogP contribution in [0.2, 0.25) is 0 Å². The Morgan fingerprint density at radius 2 is 1.02 bits per heavy atom. The van der Waals surface area contributed by atoms with Gasteiger partial charge in [-0.1, -0.05) is 127 Å². The lowest BCUT2D eigenvalue weighted by Crippen LogP contribution is -2.45. The molecular weight excluding hydrogens is 1200 g/mol. The largest absolute Gasteiger partial charge is 0.481 e. The third-order valence-corrected chi connectivity index (χ3v) is 16.1. The molecule has 532 valence electrons. The summed E-state index contributed by atoms with van der Waals surface area (Å²) in [6, 6.07) is 5.65. The van der Waals surface area contributed by atoms with Crippen LogP contribution in [0.15, 0.2) is 24.3 Å². The maximum absolute atomic E-state index is 13.0. The number of carbonyl (C=O) groups excluding carboxylic acids is 8. The normalized spacial score (nSPS) is 14.9. The number of primary amides is 1. The number of aryl methyl sites for hydroxylation is 1. The Bertz CT molecular complexity index is 2230. The molecule has 4 atom stereocenters. The maximum atomic E-state index is 13.0. The fraction of sp³-hybridized carbons (Fsp3) is 0.765. The summed E-state index contributed by atoms with van der Waals surface area (Å²) in [7, 11) is 0. The van der Waals surface area contributed by atoms with Crippen LogP contribution < -0.4 is 48.7 Å². The number of unbranched alkanes of at least 4 members (excludes halogenated alkanes) is 16. The van der Waals surface area contributed by atoms with Gasteiger partial charge in [0.2, 0.25) is 35.4 Å². The van der Waals surface area contributed by atoms with Crippen molar-refractivity contribution in [2.75, 3.05) is 92.1 Å². The Kier molecular flexibility index (Phi) is 51.6. The van der Waals surface area contributed by atoms with Crippen LogP contribution in [0.4, 0.5) is 0 Å². The van der Waals surface area contributed by atoms with Gasteiger partial charge in [-0.05, 0) is 109 Å². The van der Waals surface area contributed by atoms with Crippen molar-refractivity contribution in [1.82, 2.24) is 37.2 Å². The molecular formula is C68H119N9O16. The van der Waals surface area contributed by atoms with Gasteiger partial charge >= 0.3 is 11.9 Å². The molecule has 0 unspecified atom stereocenters. The molecule has 1 aliphatic rings. The molecule has 0 bridgehead atoms. The Hall–Kier alpha value is -5.96. The average molecular weight is 1320 g/mol. The third-order valence-electron chi connectivity index (χ3n) is 16.1. The predicted molar refractivity (Wildman–Crippen MR) is 357 cm³/mol.